The molecule has 0 spiro atoms. The summed E-state index contributed by atoms with van der Waals surface area (Å²) >= 11 is 0. The molecule has 24 aliphatic carbocycles. The molecule has 0 aromatic heterocycles. The van der Waals surface area contributed by atoms with Gasteiger partial charge in [-0.25, -0.2) is 0 Å². The van der Waals surface area contributed by atoms with E-state index in [2.05, 4.69) is 0 Å². The third-order valence-electron chi connectivity index (χ3n) is 33.0. The predicted octanol–water partition coefficient (Wildman–Crippen LogP) is 11.8. The van der Waals surface area contributed by atoms with Crippen molar-refractivity contribution in [3.63, 3.8) is 0 Å². The van der Waals surface area contributed by atoms with Gasteiger partial charge in [0.2, 0.25) is 0 Å². The number of ether oxygens (including phenoxy) is 6. The Kier molecular flexibility index (Phi) is 23.4. The molecule has 24 aliphatic rings. The van der Waals surface area contributed by atoms with Gasteiger partial charge in [-0.1, -0.05) is 62.3 Å². The molecule has 24 saturated carbocycles. The van der Waals surface area contributed by atoms with Crippen LogP contribution in [-0.2, 0) is 57.2 Å². The molecule has 117 heavy (non-hydrogen) atoms. The zero-order valence-corrected chi connectivity index (χ0v) is 73.7. The van der Waals surface area contributed by atoms with E-state index < -0.39 is 106 Å². The average molecular weight is 1650 g/mol. The third kappa shape index (κ3) is 18.9. The van der Waals surface area contributed by atoms with Crippen molar-refractivity contribution < 1.29 is 118 Å². The van der Waals surface area contributed by atoms with Crippen molar-refractivity contribution in [1.82, 2.24) is 0 Å². The maximum absolute atomic E-state index is 12.4. The highest BCUT2D eigenvalue weighted by molar-refractivity contribution is 5.78. The van der Waals surface area contributed by atoms with Crippen molar-refractivity contribution in [3.05, 3.63) is 0 Å². The van der Waals surface area contributed by atoms with Crippen molar-refractivity contribution in [3.8, 4) is 0 Å². The molecule has 24 rings (SSSR count). The van der Waals surface area contributed by atoms with Gasteiger partial charge in [-0.05, 0) is 218 Å². The molecule has 24 nitrogen and oxygen atoms in total. The van der Waals surface area contributed by atoms with Gasteiger partial charge in [-0.3, -0.25) is 28.8 Å². The van der Waals surface area contributed by atoms with Crippen LogP contribution < -0.4 is 0 Å². The van der Waals surface area contributed by atoms with E-state index in [0.29, 0.717) is 126 Å². The van der Waals surface area contributed by atoms with Crippen LogP contribution in [-0.4, -0.2) is 198 Å². The minimum atomic E-state index is -1.13. The van der Waals surface area contributed by atoms with E-state index in [1.807, 2.05) is 96.9 Å². The summed E-state index contributed by atoms with van der Waals surface area (Å²) in [5.74, 6) is 1.33. The molecule has 24 bridgehead atoms. The van der Waals surface area contributed by atoms with Crippen molar-refractivity contribution in [2.45, 2.75) is 474 Å². The number of aliphatic hydroxyl groups is 12. The van der Waals surface area contributed by atoms with Crippen molar-refractivity contribution in [2.24, 2.45) is 69.5 Å². The highest BCUT2D eigenvalue weighted by Crippen LogP contribution is 2.68. The summed E-state index contributed by atoms with van der Waals surface area (Å²) in [7, 11) is 0. The predicted molar refractivity (Wildman–Crippen MR) is 430 cm³/mol. The molecule has 24 fully saturated rings. The molecule has 666 valence electrons. The second-order valence-corrected chi connectivity index (χ2v) is 46.9. The molecule has 24 heteroatoms. The lowest BCUT2D eigenvalue weighted by Crippen LogP contribution is -2.72. The lowest BCUT2D eigenvalue weighted by atomic mass is 9.48. The van der Waals surface area contributed by atoms with Gasteiger partial charge in [0, 0.05) is 128 Å². The molecule has 12 N–H and O–H groups in total. The first-order valence-electron chi connectivity index (χ1n) is 45.7. The molecule has 11 atom stereocenters. The average Bonchev–Trinajstić information content (AvgIpc) is 0.694. The summed E-state index contributed by atoms with van der Waals surface area (Å²) in [6, 6.07) is 0. The smallest absolute Gasteiger partial charge is 0.312 e. The first-order valence-corrected chi connectivity index (χ1v) is 45.7. The molecule has 0 aliphatic heterocycles. The summed E-state index contributed by atoms with van der Waals surface area (Å²) < 4.78 is 35.0. The van der Waals surface area contributed by atoms with E-state index >= 15 is 0 Å². The molecule has 0 aromatic rings. The fraction of sp³-hybridized carbons (Fsp3) is 0.935. The third-order valence-corrected chi connectivity index (χ3v) is 33.0. The number of rotatable bonds is 18. The van der Waals surface area contributed by atoms with Crippen molar-refractivity contribution >= 4 is 35.8 Å². The number of hydrogen-bond donors (Lipinski definition) is 12. The highest BCUT2D eigenvalue weighted by Gasteiger charge is 2.73. The van der Waals surface area contributed by atoms with E-state index in [9.17, 15) is 90.0 Å². The number of carbonyl (C=O) groups excluding carboxylic acids is 6. The van der Waals surface area contributed by atoms with Crippen LogP contribution >= 0.6 is 0 Å². The normalized spacial score (nSPS) is 47.8. The van der Waals surface area contributed by atoms with Gasteiger partial charge < -0.3 is 89.7 Å². The van der Waals surface area contributed by atoms with Gasteiger partial charge in [-0.2, -0.15) is 0 Å². The van der Waals surface area contributed by atoms with Crippen molar-refractivity contribution in [1.29, 1.82) is 0 Å². The van der Waals surface area contributed by atoms with Crippen molar-refractivity contribution in [2.75, 3.05) is 0 Å². The summed E-state index contributed by atoms with van der Waals surface area (Å²) in [6.45, 7) is 28.7. The summed E-state index contributed by atoms with van der Waals surface area (Å²) in [5.41, 5.74) is -16.5. The monoisotopic (exact) mass is 1650 g/mol. The molecule has 11 unspecified atom stereocenters. The Bertz CT molecular complexity index is 3590. The van der Waals surface area contributed by atoms with E-state index in [0.717, 1.165) is 116 Å². The Morgan fingerprint density at radius 3 is 0.675 bits per heavy atom. The Labute approximate surface area is 694 Å². The fourth-order valence-corrected chi connectivity index (χ4v) is 29.1. The first-order chi connectivity index (χ1) is 53.6. The largest absolute Gasteiger partial charge is 0.459 e. The summed E-state index contributed by atoms with van der Waals surface area (Å²) in [5, 5.41) is 127. The zero-order chi connectivity index (χ0) is 86.1. The molecular weight excluding hydrogens is 1500 g/mol. The Hall–Kier alpha value is -3.66. The molecular formula is C93H150O24. The van der Waals surface area contributed by atoms with E-state index in [1.54, 1.807) is 6.92 Å². The van der Waals surface area contributed by atoms with Crippen LogP contribution in [0.25, 0.3) is 0 Å². The topological polar surface area (TPSA) is 401 Å². The lowest BCUT2D eigenvalue weighted by molar-refractivity contribution is -0.304. The Balaban J connectivity index is 0.000000122. The van der Waals surface area contributed by atoms with Crippen LogP contribution in [0, 0.1) is 69.5 Å². The van der Waals surface area contributed by atoms with Gasteiger partial charge in [0.15, 0.2) is 0 Å². The Morgan fingerprint density at radius 2 is 0.427 bits per heavy atom. The van der Waals surface area contributed by atoms with E-state index in [1.165, 1.54) is 12.8 Å². The zero-order valence-electron chi connectivity index (χ0n) is 73.7. The Morgan fingerprint density at radius 1 is 0.248 bits per heavy atom. The SMILES string of the molecule is CCC(C)(C)C(=O)OC12CC3(O)CC(O)(CC(O)(C3)C1)C2.CCC(C)(C)C(=O)OC12CC3CC(CC(O)(C3)C1)C2.CCC(C)(C)C(=O)OC12CC3CC(O)(CC(O)(C3)C1)C2.CCC(C)C(=O)OC12CC3(O)CC(O)(CC(O)(C3)C1)C2.CCC(C)C(=O)OC12CC3CC(CC(O)(C3)C1)C2.CCC(C)C(=O)OC12CC3CC(O)(CC(O)(C3)C1)C2. The van der Waals surface area contributed by atoms with Crippen LogP contribution in [0.4, 0.5) is 0 Å². The lowest BCUT2D eigenvalue weighted by Gasteiger charge is -2.65. The number of carbonyl (C=O) groups is 6. The molecule has 0 heterocycles. The number of hydrogen-bond acceptors (Lipinski definition) is 24. The molecule has 0 aromatic carbocycles. The van der Waals surface area contributed by atoms with Crippen LogP contribution in [0.3, 0.4) is 0 Å². The minimum Gasteiger partial charge on any atom is -0.459 e. The summed E-state index contributed by atoms with van der Waals surface area (Å²) in [4.78, 5) is 73.5. The quantitative estimate of drug-likeness (QED) is 0.0448. The van der Waals surface area contributed by atoms with E-state index in [-0.39, 0.29) is 115 Å². The highest BCUT2D eigenvalue weighted by atomic mass is 16.6. The van der Waals surface area contributed by atoms with E-state index in [4.69, 9.17) is 28.4 Å². The molecule has 0 radical (unpaired) electrons. The standard InChI is InChI=1S/C16H26O5.C16H26O4.C16H26O3.C15H24O5.C15H24O4.C15H24O3/c1-4-12(2,3)11(17)21-16-8-13(18)5-14(19,9-16)7-15(20,6-13)10-16;1-4-13(2,3)12(17)20-16-7-11-5-14(18,9-16)8-15(19,6-11)10-16;1-4-14(2,3)13(17)19-16-8-11-5-12(9-16)7-15(18,6-11)10-16;1-3-10(2)11(16)20-15-7-12(17)4-13(18,8-15)6-14(19,5-12)9-15;1-3-10(2)12(16)19-15-6-11-4-13(17,8-15)7-14(18,5-11)9-15;1-3-10(2)13(16)18-15-7-11-4-12(8-15)6-14(17,5-11)9-15/h18-20H,4-10H2,1-3H3;11,18-19H,4-10H2,1-3H3;11-12,18H,4-10H2,1-3H3;10,17-19H,3-9H2,1-2H3;10-11,17-18H,3-9H2,1-2H3;10-12,17H,3-9H2,1-2H3. The van der Waals surface area contributed by atoms with Gasteiger partial charge in [0.05, 0.1) is 101 Å². The second kappa shape index (κ2) is 30.0. The minimum absolute atomic E-state index is 0.0207. The second-order valence-electron chi connectivity index (χ2n) is 46.9. The summed E-state index contributed by atoms with van der Waals surface area (Å²) in [6.07, 6.45) is 26.8. The van der Waals surface area contributed by atoms with Crippen LogP contribution in [0.5, 0.6) is 0 Å². The maximum Gasteiger partial charge on any atom is 0.312 e. The van der Waals surface area contributed by atoms with Gasteiger partial charge in [0.25, 0.3) is 0 Å². The van der Waals surface area contributed by atoms with Crippen LogP contribution in [0.2, 0.25) is 0 Å². The van der Waals surface area contributed by atoms with Gasteiger partial charge >= 0.3 is 35.8 Å². The fourth-order valence-electron chi connectivity index (χ4n) is 29.1. The van der Waals surface area contributed by atoms with Crippen LogP contribution in [0.15, 0.2) is 0 Å². The molecule has 0 amide bonds. The maximum atomic E-state index is 12.4. The molecule has 0 saturated heterocycles. The van der Waals surface area contributed by atoms with Crippen LogP contribution in [0.1, 0.15) is 374 Å². The number of esters is 6. The van der Waals surface area contributed by atoms with Gasteiger partial charge in [-0.15, -0.1) is 0 Å². The van der Waals surface area contributed by atoms with Gasteiger partial charge in [0.1, 0.15) is 33.6 Å². The first kappa shape index (κ1) is 91.0.